The average molecular weight is 480 g/mol. The van der Waals surface area contributed by atoms with Gasteiger partial charge in [-0.05, 0) is 42.3 Å². The number of halogens is 1. The van der Waals surface area contributed by atoms with Gasteiger partial charge < -0.3 is 14.7 Å². The van der Waals surface area contributed by atoms with Crippen molar-refractivity contribution in [3.63, 3.8) is 0 Å². The molecule has 1 aromatic heterocycles. The molecule has 1 aliphatic rings. The number of ether oxygens (including phenoxy) is 1. The summed E-state index contributed by atoms with van der Waals surface area (Å²) in [6.45, 7) is 0.933. The molecular weight excluding hydrogens is 458 g/mol. The first-order valence-electron chi connectivity index (χ1n) is 10.6. The van der Waals surface area contributed by atoms with Crippen LogP contribution in [0.2, 0.25) is 5.02 Å². The summed E-state index contributed by atoms with van der Waals surface area (Å²) in [6.07, 6.45) is 0.0499. The Bertz CT molecular complexity index is 1260. The number of aromatic nitrogens is 1. The van der Waals surface area contributed by atoms with E-state index in [1.807, 2.05) is 6.07 Å². The number of hydrogen-bond donors (Lipinski definition) is 2. The lowest BCUT2D eigenvalue weighted by Gasteiger charge is -2.18. The van der Waals surface area contributed by atoms with Gasteiger partial charge in [0.1, 0.15) is 5.82 Å². The smallest absolute Gasteiger partial charge is 0.412 e. The number of carboxylic acid groups (broad SMARTS) is 1. The number of anilines is 1. The van der Waals surface area contributed by atoms with Gasteiger partial charge in [0.15, 0.2) is 0 Å². The van der Waals surface area contributed by atoms with E-state index >= 15 is 0 Å². The second kappa shape index (κ2) is 9.93. The van der Waals surface area contributed by atoms with E-state index in [9.17, 15) is 19.5 Å². The van der Waals surface area contributed by atoms with Crippen LogP contribution in [-0.2, 0) is 4.74 Å². The van der Waals surface area contributed by atoms with Crippen molar-refractivity contribution < 1.29 is 24.2 Å². The van der Waals surface area contributed by atoms with Crippen LogP contribution in [0.15, 0.2) is 60.7 Å². The largest absolute Gasteiger partial charge is 0.478 e. The van der Waals surface area contributed by atoms with E-state index < -0.39 is 12.1 Å². The lowest BCUT2D eigenvalue weighted by atomic mass is 9.93. The zero-order valence-corrected chi connectivity index (χ0v) is 19.1. The van der Waals surface area contributed by atoms with Gasteiger partial charge in [-0.3, -0.25) is 10.1 Å². The van der Waals surface area contributed by atoms with Gasteiger partial charge in [-0.15, -0.1) is 0 Å². The standard InChI is InChI=1S/C25H22ClN3O5/c1-34-25(33)28-22-8-4-7-21(27-22)15-9-10-19(20(26)13-15)23(30)29-12-11-16(14-29)17-5-2-3-6-18(17)24(31)32/h2-10,13,16H,11-12,14H2,1H3,(H,31,32)(H,27,28,33). The molecule has 8 nitrogen and oxygen atoms in total. The van der Waals surface area contributed by atoms with Crippen molar-refractivity contribution in [2.45, 2.75) is 12.3 Å². The summed E-state index contributed by atoms with van der Waals surface area (Å²) in [7, 11) is 1.27. The van der Waals surface area contributed by atoms with Gasteiger partial charge in [0.2, 0.25) is 0 Å². The highest BCUT2D eigenvalue weighted by molar-refractivity contribution is 6.34. The molecule has 1 atom stereocenters. The number of methoxy groups -OCH3 is 1. The molecule has 1 unspecified atom stereocenters. The van der Waals surface area contributed by atoms with Crippen molar-refractivity contribution in [1.82, 2.24) is 9.88 Å². The maximum Gasteiger partial charge on any atom is 0.412 e. The molecule has 34 heavy (non-hydrogen) atoms. The van der Waals surface area contributed by atoms with Crippen LogP contribution in [0.4, 0.5) is 10.6 Å². The number of carbonyl (C=O) groups excluding carboxylic acids is 2. The number of hydrogen-bond acceptors (Lipinski definition) is 5. The molecule has 0 saturated carbocycles. The molecule has 1 saturated heterocycles. The number of likely N-dealkylation sites (tertiary alicyclic amines) is 1. The van der Waals surface area contributed by atoms with Crippen molar-refractivity contribution in [3.05, 3.63) is 82.4 Å². The lowest BCUT2D eigenvalue weighted by molar-refractivity contribution is 0.0695. The number of pyridine rings is 1. The SMILES string of the molecule is COC(=O)Nc1cccc(-c2ccc(C(=O)N3CCC(c4ccccc4C(=O)O)C3)c(Cl)c2)n1. The zero-order chi connectivity index (χ0) is 24.2. The molecule has 4 rings (SSSR count). The molecular formula is C25H22ClN3O5. The molecule has 2 amide bonds. The Labute approximate surface area is 201 Å². The maximum atomic E-state index is 13.2. The Morgan fingerprint density at radius 2 is 1.88 bits per heavy atom. The number of amides is 2. The Morgan fingerprint density at radius 3 is 2.62 bits per heavy atom. The van der Waals surface area contributed by atoms with Crippen LogP contribution in [0.1, 0.15) is 38.6 Å². The van der Waals surface area contributed by atoms with Crippen LogP contribution in [0.25, 0.3) is 11.3 Å². The van der Waals surface area contributed by atoms with Gasteiger partial charge in [0.25, 0.3) is 5.91 Å². The van der Waals surface area contributed by atoms with E-state index in [0.717, 1.165) is 5.56 Å². The van der Waals surface area contributed by atoms with Gasteiger partial charge >= 0.3 is 12.1 Å². The maximum absolute atomic E-state index is 13.2. The number of nitrogens with one attached hydrogen (secondary N) is 1. The highest BCUT2D eigenvalue weighted by Gasteiger charge is 2.31. The highest BCUT2D eigenvalue weighted by atomic mass is 35.5. The number of carboxylic acids is 1. The molecule has 1 aliphatic heterocycles. The second-order valence-corrected chi connectivity index (χ2v) is 8.26. The summed E-state index contributed by atoms with van der Waals surface area (Å²) in [5, 5.41) is 12.3. The van der Waals surface area contributed by atoms with Gasteiger partial charge in [0.05, 0.1) is 29.0 Å². The number of benzene rings is 2. The third kappa shape index (κ3) is 4.87. The average Bonchev–Trinajstić information content (AvgIpc) is 3.34. The van der Waals surface area contributed by atoms with Crippen molar-refractivity contribution in [1.29, 1.82) is 0 Å². The topological polar surface area (TPSA) is 109 Å². The first-order valence-corrected chi connectivity index (χ1v) is 11.0. The number of nitrogens with zero attached hydrogens (tertiary/aromatic N) is 2. The van der Waals surface area contributed by atoms with Crippen molar-refractivity contribution >= 4 is 35.4 Å². The van der Waals surface area contributed by atoms with E-state index in [0.29, 0.717) is 42.1 Å². The third-order valence-corrected chi connectivity index (χ3v) is 6.08. The third-order valence-electron chi connectivity index (χ3n) is 5.77. The molecule has 0 bridgehead atoms. The van der Waals surface area contributed by atoms with E-state index in [2.05, 4.69) is 15.0 Å². The molecule has 0 aliphatic carbocycles. The van der Waals surface area contributed by atoms with Crippen LogP contribution in [-0.4, -0.2) is 53.2 Å². The molecule has 0 spiro atoms. The highest BCUT2D eigenvalue weighted by Crippen LogP contribution is 2.32. The Hall–Kier alpha value is -3.91. The van der Waals surface area contributed by atoms with Gasteiger partial charge in [-0.2, -0.15) is 0 Å². The molecule has 174 valence electrons. The van der Waals surface area contributed by atoms with E-state index in [-0.39, 0.29) is 22.4 Å². The first kappa shape index (κ1) is 23.3. The molecule has 3 aromatic rings. The monoisotopic (exact) mass is 479 g/mol. The fourth-order valence-corrected chi connectivity index (χ4v) is 4.35. The van der Waals surface area contributed by atoms with E-state index in [1.165, 1.54) is 7.11 Å². The van der Waals surface area contributed by atoms with E-state index in [4.69, 9.17) is 11.6 Å². The van der Waals surface area contributed by atoms with E-state index in [1.54, 1.807) is 59.5 Å². The molecule has 1 fully saturated rings. The lowest BCUT2D eigenvalue weighted by Crippen LogP contribution is -2.28. The Morgan fingerprint density at radius 1 is 1.09 bits per heavy atom. The summed E-state index contributed by atoms with van der Waals surface area (Å²) in [5.74, 6) is -0.909. The quantitative estimate of drug-likeness (QED) is 0.538. The first-order chi connectivity index (χ1) is 16.4. The van der Waals surface area contributed by atoms with Gasteiger partial charge in [-0.25, -0.2) is 14.6 Å². The number of rotatable bonds is 5. The minimum absolute atomic E-state index is 0.0523. The summed E-state index contributed by atoms with van der Waals surface area (Å²) in [5.41, 5.74) is 2.62. The van der Waals surface area contributed by atoms with Crippen molar-refractivity contribution in [2.75, 3.05) is 25.5 Å². The van der Waals surface area contributed by atoms with Crippen molar-refractivity contribution in [2.24, 2.45) is 0 Å². The summed E-state index contributed by atoms with van der Waals surface area (Å²) >= 11 is 6.48. The summed E-state index contributed by atoms with van der Waals surface area (Å²) in [4.78, 5) is 42.2. The molecule has 2 N–H and O–H groups in total. The van der Waals surface area contributed by atoms with Gasteiger partial charge in [-0.1, -0.05) is 41.9 Å². The van der Waals surface area contributed by atoms with Crippen LogP contribution in [0.5, 0.6) is 0 Å². The minimum Gasteiger partial charge on any atom is -0.478 e. The van der Waals surface area contributed by atoms with Crippen LogP contribution < -0.4 is 5.32 Å². The number of carbonyl (C=O) groups is 3. The fraction of sp³-hybridized carbons (Fsp3) is 0.200. The van der Waals surface area contributed by atoms with Gasteiger partial charge in [0, 0.05) is 24.6 Å². The minimum atomic E-state index is -0.974. The van der Waals surface area contributed by atoms with Crippen molar-refractivity contribution in [3.8, 4) is 11.3 Å². The fourth-order valence-electron chi connectivity index (χ4n) is 4.09. The van der Waals surface area contributed by atoms with Crippen LogP contribution >= 0.6 is 11.6 Å². The van der Waals surface area contributed by atoms with Crippen LogP contribution in [0.3, 0.4) is 0 Å². The molecule has 9 heteroatoms. The summed E-state index contributed by atoms with van der Waals surface area (Å²) < 4.78 is 4.58. The molecule has 0 radical (unpaired) electrons. The molecule has 2 aromatic carbocycles. The van der Waals surface area contributed by atoms with Crippen LogP contribution in [0, 0.1) is 0 Å². The zero-order valence-electron chi connectivity index (χ0n) is 18.3. The Kier molecular flexibility index (Phi) is 6.79. The summed E-state index contributed by atoms with van der Waals surface area (Å²) in [6, 6.07) is 17.1. The Balaban J connectivity index is 1.51. The number of aromatic carboxylic acids is 1. The second-order valence-electron chi connectivity index (χ2n) is 7.85. The predicted octanol–water partition coefficient (Wildman–Crippen LogP) is 4.91. The normalized spacial score (nSPS) is 15.1. The molecule has 2 heterocycles. The predicted molar refractivity (Wildman–Crippen MR) is 127 cm³/mol.